The Hall–Kier alpha value is -3.74. The third-order valence-corrected chi connectivity index (χ3v) is 4.20. The quantitative estimate of drug-likeness (QED) is 0.660. The molecule has 1 aliphatic heterocycles. The van der Waals surface area contributed by atoms with E-state index in [4.69, 9.17) is 9.25 Å². The van der Waals surface area contributed by atoms with Crippen molar-refractivity contribution in [2.75, 3.05) is 0 Å². The van der Waals surface area contributed by atoms with Gasteiger partial charge in [0.2, 0.25) is 5.76 Å². The third kappa shape index (κ3) is 2.21. The average molecular weight is 349 g/mol. The molecule has 3 aromatic rings. The summed E-state index contributed by atoms with van der Waals surface area (Å²) in [6.07, 6.45) is 0. The molecule has 0 saturated carbocycles. The van der Waals surface area contributed by atoms with Gasteiger partial charge >= 0.3 is 11.6 Å². The maximum Gasteiger partial charge on any atom is 0.399 e. The fourth-order valence-electron chi connectivity index (χ4n) is 2.90. The van der Waals surface area contributed by atoms with Gasteiger partial charge in [0, 0.05) is 5.56 Å². The molecular weight excluding hydrogens is 338 g/mol. The van der Waals surface area contributed by atoms with Gasteiger partial charge in [-0.15, -0.1) is 0 Å². The van der Waals surface area contributed by atoms with Crippen LogP contribution < -0.4 is 5.63 Å². The molecule has 4 rings (SSSR count). The number of imide groups is 1. The summed E-state index contributed by atoms with van der Waals surface area (Å²) in [5.41, 5.74) is -0.0497. The number of hydrogen-bond donors (Lipinski definition) is 0. The standard InChI is InChI=1S/C19H11NO6/c1-10-11-6-2-5-9-14(11)18(23)25-15(10)19(24)26-20-16(21)12-7-3-4-8-13(12)17(20)22/h2-9H,1H3. The predicted octanol–water partition coefficient (Wildman–Crippen LogP) is 2.47. The Kier molecular flexibility index (Phi) is 3.43. The van der Waals surface area contributed by atoms with E-state index in [1.807, 2.05) is 0 Å². The second-order valence-corrected chi connectivity index (χ2v) is 5.72. The van der Waals surface area contributed by atoms with Gasteiger partial charge in [-0.05, 0) is 30.5 Å². The van der Waals surface area contributed by atoms with Crippen LogP contribution in [0.1, 0.15) is 36.8 Å². The van der Waals surface area contributed by atoms with E-state index in [1.54, 1.807) is 43.3 Å². The van der Waals surface area contributed by atoms with Gasteiger partial charge in [0.15, 0.2) is 0 Å². The molecule has 2 aromatic carbocycles. The molecule has 0 aliphatic carbocycles. The zero-order chi connectivity index (χ0) is 18.4. The molecule has 0 unspecified atom stereocenters. The Morgan fingerprint density at radius 3 is 2.04 bits per heavy atom. The average Bonchev–Trinajstić information content (AvgIpc) is 2.90. The van der Waals surface area contributed by atoms with Crippen molar-refractivity contribution in [2.45, 2.75) is 6.92 Å². The first kappa shape index (κ1) is 15.8. The van der Waals surface area contributed by atoms with E-state index in [0.29, 0.717) is 21.4 Å². The summed E-state index contributed by atoms with van der Waals surface area (Å²) < 4.78 is 5.06. The first-order chi connectivity index (χ1) is 12.5. The van der Waals surface area contributed by atoms with Gasteiger partial charge in [0.1, 0.15) is 0 Å². The highest BCUT2D eigenvalue weighted by Crippen LogP contribution is 2.25. The summed E-state index contributed by atoms with van der Waals surface area (Å²) in [7, 11) is 0. The molecule has 0 spiro atoms. The fraction of sp³-hybridized carbons (Fsp3) is 0.0526. The van der Waals surface area contributed by atoms with Crippen LogP contribution in [0, 0.1) is 6.92 Å². The largest absolute Gasteiger partial charge is 0.415 e. The van der Waals surface area contributed by atoms with Crippen LogP contribution in [0.5, 0.6) is 0 Å². The first-order valence-electron chi connectivity index (χ1n) is 7.71. The molecule has 1 aromatic heterocycles. The van der Waals surface area contributed by atoms with E-state index in [1.165, 1.54) is 12.1 Å². The van der Waals surface area contributed by atoms with Crippen molar-refractivity contribution in [1.29, 1.82) is 0 Å². The molecule has 0 bridgehead atoms. The lowest BCUT2D eigenvalue weighted by molar-refractivity contribution is -0.0606. The zero-order valence-electron chi connectivity index (χ0n) is 13.5. The molecule has 1 aliphatic rings. The van der Waals surface area contributed by atoms with Gasteiger partial charge in [0.25, 0.3) is 11.8 Å². The normalized spacial score (nSPS) is 13.2. The van der Waals surface area contributed by atoms with E-state index < -0.39 is 23.4 Å². The molecule has 0 fully saturated rings. The number of hydrogen-bond acceptors (Lipinski definition) is 6. The number of benzene rings is 2. The minimum atomic E-state index is -1.10. The van der Waals surface area contributed by atoms with Crippen molar-refractivity contribution in [1.82, 2.24) is 5.06 Å². The molecule has 0 atom stereocenters. The van der Waals surface area contributed by atoms with Crippen LogP contribution >= 0.6 is 0 Å². The lowest BCUT2D eigenvalue weighted by Gasteiger charge is -2.13. The number of aryl methyl sites for hydroxylation is 1. The van der Waals surface area contributed by atoms with E-state index >= 15 is 0 Å². The molecule has 2 amide bonds. The number of amides is 2. The Balaban J connectivity index is 1.71. The minimum absolute atomic E-state index is 0.141. The fourth-order valence-corrected chi connectivity index (χ4v) is 2.90. The lowest BCUT2D eigenvalue weighted by Crippen LogP contribution is -2.33. The van der Waals surface area contributed by atoms with Crippen LogP contribution in [0.2, 0.25) is 0 Å². The smallest absolute Gasteiger partial charge is 0.399 e. The number of nitrogens with zero attached hydrogens (tertiary/aromatic N) is 1. The molecule has 0 N–H and O–H groups in total. The first-order valence-corrected chi connectivity index (χ1v) is 7.71. The number of hydroxylamine groups is 2. The summed E-state index contributed by atoms with van der Waals surface area (Å²) in [4.78, 5) is 54.0. The summed E-state index contributed by atoms with van der Waals surface area (Å²) in [6.45, 7) is 1.59. The SMILES string of the molecule is Cc1c(C(=O)ON2C(=O)c3ccccc3C2=O)oc(=O)c2ccccc12. The van der Waals surface area contributed by atoms with Gasteiger partial charge in [-0.25, -0.2) is 9.59 Å². The van der Waals surface area contributed by atoms with Gasteiger partial charge in [0.05, 0.1) is 16.5 Å². The van der Waals surface area contributed by atoms with Crippen LogP contribution in [0.3, 0.4) is 0 Å². The summed E-state index contributed by atoms with van der Waals surface area (Å²) in [5, 5.41) is 1.22. The number of carbonyl (C=O) groups is 3. The topological polar surface area (TPSA) is 93.9 Å². The predicted molar refractivity (Wildman–Crippen MR) is 89.6 cm³/mol. The van der Waals surface area contributed by atoms with Crippen molar-refractivity contribution < 1.29 is 23.6 Å². The molecule has 0 radical (unpaired) electrons. The van der Waals surface area contributed by atoms with Crippen molar-refractivity contribution >= 4 is 28.6 Å². The monoisotopic (exact) mass is 349 g/mol. The second-order valence-electron chi connectivity index (χ2n) is 5.72. The molecular formula is C19H11NO6. The lowest BCUT2D eigenvalue weighted by atomic mass is 10.1. The van der Waals surface area contributed by atoms with Crippen molar-refractivity contribution in [3.8, 4) is 0 Å². The molecule has 2 heterocycles. The molecule has 7 nitrogen and oxygen atoms in total. The van der Waals surface area contributed by atoms with Gasteiger partial charge in [-0.2, -0.15) is 0 Å². The molecule has 128 valence electrons. The summed E-state index contributed by atoms with van der Waals surface area (Å²) in [6, 6.07) is 12.8. The maximum atomic E-state index is 12.5. The summed E-state index contributed by atoms with van der Waals surface area (Å²) in [5.74, 6) is -2.95. The Labute approximate surface area is 146 Å². The van der Waals surface area contributed by atoms with Crippen molar-refractivity contribution in [3.63, 3.8) is 0 Å². The van der Waals surface area contributed by atoms with Crippen LogP contribution in [-0.4, -0.2) is 22.8 Å². The van der Waals surface area contributed by atoms with Crippen molar-refractivity contribution in [2.24, 2.45) is 0 Å². The number of rotatable bonds is 2. The maximum absolute atomic E-state index is 12.5. The van der Waals surface area contributed by atoms with Crippen LogP contribution in [0.15, 0.2) is 57.7 Å². The van der Waals surface area contributed by atoms with Gasteiger partial charge < -0.3 is 9.25 Å². The number of carbonyl (C=O) groups excluding carboxylic acids is 3. The molecule has 26 heavy (non-hydrogen) atoms. The molecule has 7 heteroatoms. The van der Waals surface area contributed by atoms with E-state index in [0.717, 1.165) is 0 Å². The van der Waals surface area contributed by atoms with E-state index in [9.17, 15) is 19.2 Å². The Morgan fingerprint density at radius 1 is 0.885 bits per heavy atom. The highest BCUT2D eigenvalue weighted by Gasteiger charge is 2.39. The van der Waals surface area contributed by atoms with Crippen LogP contribution in [-0.2, 0) is 4.84 Å². The highest BCUT2D eigenvalue weighted by atomic mass is 16.7. The molecule has 0 saturated heterocycles. The number of fused-ring (bicyclic) bond motifs is 2. The summed E-state index contributed by atoms with van der Waals surface area (Å²) >= 11 is 0. The van der Waals surface area contributed by atoms with E-state index in [-0.39, 0.29) is 16.9 Å². The van der Waals surface area contributed by atoms with E-state index in [2.05, 4.69) is 0 Å². The Bertz CT molecular complexity index is 1130. The highest BCUT2D eigenvalue weighted by molar-refractivity contribution is 6.21. The third-order valence-electron chi connectivity index (χ3n) is 4.20. The van der Waals surface area contributed by atoms with Crippen LogP contribution in [0.4, 0.5) is 0 Å². The minimum Gasteiger partial charge on any atom is -0.415 e. The van der Waals surface area contributed by atoms with Gasteiger partial charge in [-0.1, -0.05) is 35.4 Å². The van der Waals surface area contributed by atoms with Crippen LogP contribution in [0.25, 0.3) is 10.8 Å². The second kappa shape index (κ2) is 5.66. The van der Waals surface area contributed by atoms with Crippen molar-refractivity contribution in [3.05, 3.63) is 81.4 Å². The Morgan fingerprint density at radius 2 is 1.42 bits per heavy atom. The van der Waals surface area contributed by atoms with Gasteiger partial charge in [-0.3, -0.25) is 9.59 Å². The zero-order valence-corrected chi connectivity index (χ0v) is 13.5.